The van der Waals surface area contributed by atoms with Crippen LogP contribution in [0.25, 0.3) is 0 Å². The van der Waals surface area contributed by atoms with Gasteiger partial charge >= 0.3 is 0 Å². The highest BCUT2D eigenvalue weighted by atomic mass is 16.7. The number of hydrogen-bond donors (Lipinski definition) is 1. The van der Waals surface area contributed by atoms with Crippen LogP contribution in [0.3, 0.4) is 0 Å². The standard InChI is InChI=1S/C16H31NO2/c1-4-18-16(19-5-2)8-9-17-12(3)15-11-13-6-7-14(15)10-13/h12-17H,4-11H2,1-3H3. The van der Waals surface area contributed by atoms with Gasteiger partial charge in [0.25, 0.3) is 0 Å². The van der Waals surface area contributed by atoms with E-state index in [9.17, 15) is 0 Å². The largest absolute Gasteiger partial charge is 0.353 e. The molecule has 0 aromatic rings. The number of rotatable bonds is 9. The van der Waals surface area contributed by atoms with E-state index in [0.29, 0.717) is 6.04 Å². The summed E-state index contributed by atoms with van der Waals surface area (Å²) in [6.07, 6.45) is 6.84. The maximum Gasteiger partial charge on any atom is 0.158 e. The fourth-order valence-corrected chi connectivity index (χ4v) is 4.07. The molecule has 2 bridgehead atoms. The van der Waals surface area contributed by atoms with Crippen molar-refractivity contribution in [2.24, 2.45) is 17.8 Å². The summed E-state index contributed by atoms with van der Waals surface area (Å²) in [6.45, 7) is 8.87. The number of hydrogen-bond acceptors (Lipinski definition) is 3. The van der Waals surface area contributed by atoms with Crippen LogP contribution < -0.4 is 5.32 Å². The van der Waals surface area contributed by atoms with Crippen molar-refractivity contribution in [2.75, 3.05) is 19.8 Å². The smallest absolute Gasteiger partial charge is 0.158 e. The van der Waals surface area contributed by atoms with Gasteiger partial charge in [0.1, 0.15) is 0 Å². The van der Waals surface area contributed by atoms with Crippen molar-refractivity contribution in [3.05, 3.63) is 0 Å². The lowest BCUT2D eigenvalue weighted by Gasteiger charge is -2.29. The Morgan fingerprint density at radius 2 is 1.84 bits per heavy atom. The summed E-state index contributed by atoms with van der Waals surface area (Å²) < 4.78 is 11.2. The van der Waals surface area contributed by atoms with Crippen molar-refractivity contribution in [1.29, 1.82) is 0 Å². The first-order valence-corrected chi connectivity index (χ1v) is 8.21. The minimum absolute atomic E-state index is 0.0327. The van der Waals surface area contributed by atoms with Gasteiger partial charge in [0, 0.05) is 32.2 Å². The van der Waals surface area contributed by atoms with Gasteiger partial charge in [-0.25, -0.2) is 0 Å². The lowest BCUT2D eigenvalue weighted by atomic mass is 9.84. The Morgan fingerprint density at radius 3 is 2.37 bits per heavy atom. The summed E-state index contributed by atoms with van der Waals surface area (Å²) in [5.74, 6) is 2.96. The van der Waals surface area contributed by atoms with Crippen LogP contribution in [0, 0.1) is 17.8 Å². The fraction of sp³-hybridized carbons (Fsp3) is 1.00. The van der Waals surface area contributed by atoms with E-state index >= 15 is 0 Å². The minimum atomic E-state index is -0.0327. The molecular formula is C16H31NO2. The molecular weight excluding hydrogens is 238 g/mol. The quantitative estimate of drug-likeness (QED) is 0.652. The average Bonchev–Trinajstić information content (AvgIpc) is 3.01. The summed E-state index contributed by atoms with van der Waals surface area (Å²) in [7, 11) is 0. The molecule has 4 unspecified atom stereocenters. The molecule has 3 nitrogen and oxygen atoms in total. The van der Waals surface area contributed by atoms with Gasteiger partial charge in [-0.3, -0.25) is 0 Å². The second-order valence-electron chi connectivity index (χ2n) is 6.21. The van der Waals surface area contributed by atoms with E-state index in [2.05, 4.69) is 12.2 Å². The lowest BCUT2D eigenvalue weighted by molar-refractivity contribution is -0.138. The van der Waals surface area contributed by atoms with Gasteiger partial charge in [0.05, 0.1) is 0 Å². The summed E-state index contributed by atoms with van der Waals surface area (Å²) in [5.41, 5.74) is 0. The molecule has 3 heteroatoms. The predicted octanol–water partition coefficient (Wildman–Crippen LogP) is 3.19. The fourth-order valence-electron chi connectivity index (χ4n) is 4.07. The van der Waals surface area contributed by atoms with Gasteiger partial charge in [-0.05, 0) is 57.8 Å². The van der Waals surface area contributed by atoms with E-state index in [1.165, 1.54) is 25.7 Å². The summed E-state index contributed by atoms with van der Waals surface area (Å²) >= 11 is 0. The molecule has 2 aliphatic carbocycles. The molecule has 112 valence electrons. The van der Waals surface area contributed by atoms with Crippen LogP contribution in [0.1, 0.15) is 52.9 Å². The van der Waals surface area contributed by atoms with Crippen LogP contribution in [0.5, 0.6) is 0 Å². The van der Waals surface area contributed by atoms with Crippen molar-refractivity contribution < 1.29 is 9.47 Å². The molecule has 0 amide bonds. The molecule has 19 heavy (non-hydrogen) atoms. The van der Waals surface area contributed by atoms with Gasteiger partial charge in [-0.15, -0.1) is 0 Å². The van der Waals surface area contributed by atoms with E-state index in [0.717, 1.165) is 43.9 Å². The molecule has 2 saturated carbocycles. The van der Waals surface area contributed by atoms with Crippen LogP contribution in [-0.2, 0) is 9.47 Å². The number of ether oxygens (including phenoxy) is 2. The first-order chi connectivity index (χ1) is 9.24. The van der Waals surface area contributed by atoms with E-state index in [1.807, 2.05) is 13.8 Å². The zero-order chi connectivity index (χ0) is 13.7. The van der Waals surface area contributed by atoms with E-state index in [1.54, 1.807) is 0 Å². The zero-order valence-corrected chi connectivity index (χ0v) is 12.9. The molecule has 0 saturated heterocycles. The average molecular weight is 269 g/mol. The summed E-state index contributed by atoms with van der Waals surface area (Å²) in [5, 5.41) is 3.70. The maximum atomic E-state index is 5.58. The molecule has 1 N–H and O–H groups in total. The summed E-state index contributed by atoms with van der Waals surface area (Å²) in [4.78, 5) is 0. The van der Waals surface area contributed by atoms with Crippen LogP contribution in [-0.4, -0.2) is 32.1 Å². The highest BCUT2D eigenvalue weighted by Crippen LogP contribution is 2.49. The SMILES string of the molecule is CCOC(CCNC(C)C1CC2CCC1C2)OCC. The Hall–Kier alpha value is -0.120. The number of fused-ring (bicyclic) bond motifs is 2. The molecule has 4 atom stereocenters. The Kier molecular flexibility index (Phi) is 6.11. The first-order valence-electron chi connectivity index (χ1n) is 8.21. The highest BCUT2D eigenvalue weighted by molar-refractivity contribution is 4.93. The Labute approximate surface area is 118 Å². The van der Waals surface area contributed by atoms with E-state index < -0.39 is 0 Å². The molecule has 2 fully saturated rings. The molecule has 0 spiro atoms. The van der Waals surface area contributed by atoms with Crippen LogP contribution in [0.4, 0.5) is 0 Å². The third-order valence-corrected chi connectivity index (χ3v) is 4.99. The highest BCUT2D eigenvalue weighted by Gasteiger charge is 2.41. The molecule has 2 rings (SSSR count). The monoisotopic (exact) mass is 269 g/mol. The Morgan fingerprint density at radius 1 is 1.11 bits per heavy atom. The Bertz CT molecular complexity index is 253. The first kappa shape index (κ1) is 15.3. The van der Waals surface area contributed by atoms with Gasteiger partial charge < -0.3 is 14.8 Å². The van der Waals surface area contributed by atoms with Gasteiger partial charge in [-0.1, -0.05) is 6.42 Å². The second-order valence-corrected chi connectivity index (χ2v) is 6.21. The van der Waals surface area contributed by atoms with Crippen LogP contribution in [0.2, 0.25) is 0 Å². The van der Waals surface area contributed by atoms with E-state index in [4.69, 9.17) is 9.47 Å². The topological polar surface area (TPSA) is 30.5 Å². The molecule has 0 aromatic heterocycles. The Balaban J connectivity index is 1.64. The zero-order valence-electron chi connectivity index (χ0n) is 12.9. The predicted molar refractivity (Wildman–Crippen MR) is 78.1 cm³/mol. The maximum absolute atomic E-state index is 5.58. The third-order valence-electron chi connectivity index (χ3n) is 4.99. The molecule has 2 aliphatic rings. The van der Waals surface area contributed by atoms with Crippen molar-refractivity contribution in [2.45, 2.75) is 65.2 Å². The van der Waals surface area contributed by atoms with E-state index in [-0.39, 0.29) is 6.29 Å². The third kappa shape index (κ3) is 4.17. The van der Waals surface area contributed by atoms with Gasteiger partial charge in [-0.2, -0.15) is 0 Å². The molecule has 0 aliphatic heterocycles. The normalized spacial score (nSPS) is 31.3. The lowest BCUT2D eigenvalue weighted by Crippen LogP contribution is -2.38. The molecule has 0 radical (unpaired) electrons. The van der Waals surface area contributed by atoms with Crippen molar-refractivity contribution in [3.8, 4) is 0 Å². The van der Waals surface area contributed by atoms with Crippen molar-refractivity contribution in [1.82, 2.24) is 5.32 Å². The van der Waals surface area contributed by atoms with Crippen LogP contribution >= 0.6 is 0 Å². The van der Waals surface area contributed by atoms with Crippen molar-refractivity contribution >= 4 is 0 Å². The van der Waals surface area contributed by atoms with Crippen LogP contribution in [0.15, 0.2) is 0 Å². The van der Waals surface area contributed by atoms with Crippen molar-refractivity contribution in [3.63, 3.8) is 0 Å². The number of nitrogens with one attached hydrogen (secondary N) is 1. The minimum Gasteiger partial charge on any atom is -0.353 e. The van der Waals surface area contributed by atoms with Gasteiger partial charge in [0.15, 0.2) is 6.29 Å². The molecule has 0 aromatic carbocycles. The molecule has 0 heterocycles. The second kappa shape index (κ2) is 7.61. The van der Waals surface area contributed by atoms with Gasteiger partial charge in [0.2, 0.25) is 0 Å². The summed E-state index contributed by atoms with van der Waals surface area (Å²) in [6, 6.07) is 0.652.